The molecule has 0 aromatic carbocycles. The van der Waals surface area contributed by atoms with Crippen LogP contribution in [0.4, 0.5) is 0 Å². The van der Waals surface area contributed by atoms with Gasteiger partial charge in [-0.15, -0.1) is 0 Å². The molecule has 6 aliphatic rings. The lowest BCUT2D eigenvalue weighted by Gasteiger charge is -2.75. The first kappa shape index (κ1) is 19.9. The number of ether oxygens (including phenoxy) is 2. The van der Waals surface area contributed by atoms with Crippen LogP contribution in [0.3, 0.4) is 0 Å². The van der Waals surface area contributed by atoms with Gasteiger partial charge in [0.2, 0.25) is 5.79 Å². The number of hydrogen-bond acceptors (Lipinski definition) is 7. The minimum absolute atomic E-state index is 0.121. The molecule has 0 aromatic heterocycles. The summed E-state index contributed by atoms with van der Waals surface area (Å²) in [5.74, 6) is -3.60. The maximum atomic E-state index is 12.0. The molecule has 4 aliphatic carbocycles. The zero-order valence-electron chi connectivity index (χ0n) is 17.3. The fraction of sp³-hybridized carbons (Fsp3) is 0.864. The molecule has 7 heteroatoms. The van der Waals surface area contributed by atoms with Crippen LogP contribution >= 0.6 is 0 Å². The van der Waals surface area contributed by atoms with Gasteiger partial charge in [0.25, 0.3) is 0 Å². The van der Waals surface area contributed by atoms with E-state index >= 15 is 0 Å². The molecule has 10 unspecified atom stereocenters. The summed E-state index contributed by atoms with van der Waals surface area (Å²) in [7, 11) is 0. The van der Waals surface area contributed by atoms with Gasteiger partial charge < -0.3 is 29.9 Å². The summed E-state index contributed by atoms with van der Waals surface area (Å²) < 4.78 is 11.8. The Morgan fingerprint density at radius 2 is 1.86 bits per heavy atom. The van der Waals surface area contributed by atoms with Crippen molar-refractivity contribution in [2.24, 2.45) is 34.0 Å². The Morgan fingerprint density at radius 3 is 2.52 bits per heavy atom. The fourth-order valence-corrected chi connectivity index (χ4v) is 8.50. The Kier molecular flexibility index (Phi) is 3.87. The molecule has 7 nitrogen and oxygen atoms in total. The Bertz CT molecular complexity index is 779. The number of carbonyl (C=O) groups excluding carboxylic acids is 1. The number of aliphatic hydroxyl groups is 4. The third-order valence-corrected chi connectivity index (χ3v) is 9.40. The molecule has 4 N–H and O–H groups in total. The Balaban J connectivity index is 1.77. The average molecular weight is 408 g/mol. The highest BCUT2D eigenvalue weighted by Crippen LogP contribution is 2.77. The van der Waals surface area contributed by atoms with E-state index < -0.39 is 52.9 Å². The molecule has 2 saturated heterocycles. The second kappa shape index (κ2) is 5.62. The number of hydrogen-bond donors (Lipinski definition) is 4. The molecular weight excluding hydrogens is 376 g/mol. The van der Waals surface area contributed by atoms with E-state index in [9.17, 15) is 25.2 Å². The van der Waals surface area contributed by atoms with Gasteiger partial charge in [-0.1, -0.05) is 20.4 Å². The van der Waals surface area contributed by atoms with Crippen LogP contribution in [0.25, 0.3) is 0 Å². The first-order chi connectivity index (χ1) is 13.5. The van der Waals surface area contributed by atoms with Crippen LogP contribution in [0.5, 0.6) is 0 Å². The van der Waals surface area contributed by atoms with E-state index in [1.165, 1.54) is 6.92 Å². The molecule has 2 spiro atoms. The van der Waals surface area contributed by atoms with Crippen LogP contribution in [-0.2, 0) is 14.3 Å². The Hall–Kier alpha value is -0.990. The SMILES string of the molecule is C=C1C2CCC3C45COC(O)(C(O)C4C(C)(C)CCC5OC(C)=O)C3(C1O)C2O. The van der Waals surface area contributed by atoms with Crippen LogP contribution in [0.2, 0.25) is 0 Å². The molecule has 4 saturated carbocycles. The molecule has 29 heavy (non-hydrogen) atoms. The third-order valence-electron chi connectivity index (χ3n) is 9.40. The standard InChI is InChI=1S/C22H32O7/c1-10-12-5-6-13-20-9-28-22(27,21(13,16(10)24)17(12)25)18(26)15(20)19(3,4)8-7-14(20)29-11(2)23/h12-18,24-27H,1,5-9H2,2-4H3. The molecule has 0 aromatic rings. The summed E-state index contributed by atoms with van der Waals surface area (Å²) in [5, 5.41) is 46.0. The summed E-state index contributed by atoms with van der Waals surface area (Å²) in [6.45, 7) is 9.63. The molecule has 10 atom stereocenters. The predicted octanol–water partition coefficient (Wildman–Crippen LogP) is 0.738. The zero-order valence-corrected chi connectivity index (χ0v) is 17.3. The van der Waals surface area contributed by atoms with Crippen LogP contribution < -0.4 is 0 Å². The topological polar surface area (TPSA) is 116 Å². The molecule has 162 valence electrons. The van der Waals surface area contributed by atoms with Crippen molar-refractivity contribution < 1.29 is 34.7 Å². The minimum atomic E-state index is -2.09. The first-order valence-corrected chi connectivity index (χ1v) is 10.7. The lowest BCUT2D eigenvalue weighted by atomic mass is 9.35. The highest BCUT2D eigenvalue weighted by atomic mass is 16.6. The normalized spacial score (nSPS) is 57.2. The average Bonchev–Trinajstić information content (AvgIpc) is 2.74. The second-order valence-corrected chi connectivity index (χ2v) is 10.7. The van der Waals surface area contributed by atoms with Crippen molar-refractivity contribution in [1.29, 1.82) is 0 Å². The van der Waals surface area contributed by atoms with Crippen LogP contribution in [0.1, 0.15) is 46.5 Å². The van der Waals surface area contributed by atoms with Crippen LogP contribution in [0.15, 0.2) is 12.2 Å². The summed E-state index contributed by atoms with van der Waals surface area (Å²) in [5.41, 5.74) is -2.12. The summed E-state index contributed by atoms with van der Waals surface area (Å²) >= 11 is 0. The van der Waals surface area contributed by atoms with Crippen LogP contribution in [0, 0.1) is 34.0 Å². The maximum absolute atomic E-state index is 12.0. The van der Waals surface area contributed by atoms with E-state index in [-0.39, 0.29) is 23.9 Å². The van der Waals surface area contributed by atoms with Crippen molar-refractivity contribution >= 4 is 5.97 Å². The van der Waals surface area contributed by atoms with Gasteiger partial charge in [0.1, 0.15) is 12.2 Å². The monoisotopic (exact) mass is 408 g/mol. The van der Waals surface area contributed by atoms with Crippen molar-refractivity contribution in [1.82, 2.24) is 0 Å². The minimum Gasteiger partial charge on any atom is -0.462 e. The first-order valence-electron chi connectivity index (χ1n) is 10.7. The molecular formula is C22H32O7. The molecule has 6 fully saturated rings. The zero-order chi connectivity index (χ0) is 21.1. The van der Waals surface area contributed by atoms with Gasteiger partial charge in [0.15, 0.2) is 0 Å². The fourth-order valence-electron chi connectivity index (χ4n) is 8.50. The van der Waals surface area contributed by atoms with Crippen molar-refractivity contribution in [3.63, 3.8) is 0 Å². The maximum Gasteiger partial charge on any atom is 0.302 e. The lowest BCUT2D eigenvalue weighted by molar-refractivity contribution is -0.476. The number of carbonyl (C=O) groups is 1. The van der Waals surface area contributed by atoms with E-state index in [0.29, 0.717) is 24.8 Å². The van der Waals surface area contributed by atoms with Gasteiger partial charge in [-0.05, 0) is 42.6 Å². The molecule has 4 bridgehead atoms. The van der Waals surface area contributed by atoms with Gasteiger partial charge in [-0.3, -0.25) is 4.79 Å². The Morgan fingerprint density at radius 1 is 1.17 bits per heavy atom. The quantitative estimate of drug-likeness (QED) is 0.373. The van der Waals surface area contributed by atoms with Crippen LogP contribution in [-0.4, -0.2) is 63.2 Å². The summed E-state index contributed by atoms with van der Waals surface area (Å²) in [6.07, 6.45) is -1.50. The molecule has 0 amide bonds. The summed E-state index contributed by atoms with van der Waals surface area (Å²) in [4.78, 5) is 12.0. The van der Waals surface area contributed by atoms with E-state index in [2.05, 4.69) is 20.4 Å². The van der Waals surface area contributed by atoms with Gasteiger partial charge in [0, 0.05) is 24.2 Å². The molecule has 2 aliphatic heterocycles. The van der Waals surface area contributed by atoms with Crippen molar-refractivity contribution in [3.05, 3.63) is 12.2 Å². The van der Waals surface area contributed by atoms with E-state index in [1.807, 2.05) is 0 Å². The van der Waals surface area contributed by atoms with E-state index in [1.54, 1.807) is 0 Å². The number of fused-ring (bicyclic) bond motifs is 2. The highest BCUT2D eigenvalue weighted by Gasteiger charge is 2.86. The predicted molar refractivity (Wildman–Crippen MR) is 101 cm³/mol. The van der Waals surface area contributed by atoms with Crippen molar-refractivity contribution in [2.45, 2.75) is 76.7 Å². The van der Waals surface area contributed by atoms with Crippen molar-refractivity contribution in [2.75, 3.05) is 6.61 Å². The second-order valence-electron chi connectivity index (χ2n) is 10.7. The Labute approximate surface area is 170 Å². The van der Waals surface area contributed by atoms with Crippen molar-refractivity contribution in [3.8, 4) is 0 Å². The highest BCUT2D eigenvalue weighted by molar-refractivity contribution is 5.66. The van der Waals surface area contributed by atoms with Gasteiger partial charge >= 0.3 is 5.97 Å². The third kappa shape index (κ3) is 1.91. The molecule has 2 heterocycles. The smallest absolute Gasteiger partial charge is 0.302 e. The number of aliphatic hydroxyl groups excluding tert-OH is 3. The molecule has 0 radical (unpaired) electrons. The lowest BCUT2D eigenvalue weighted by Crippen LogP contribution is -2.86. The van der Waals surface area contributed by atoms with Gasteiger partial charge in [-0.2, -0.15) is 0 Å². The van der Waals surface area contributed by atoms with E-state index in [0.717, 1.165) is 6.42 Å². The summed E-state index contributed by atoms with van der Waals surface area (Å²) in [6, 6.07) is 0. The number of esters is 1. The van der Waals surface area contributed by atoms with E-state index in [4.69, 9.17) is 9.47 Å². The number of rotatable bonds is 1. The molecule has 6 rings (SSSR count). The largest absolute Gasteiger partial charge is 0.462 e. The van der Waals surface area contributed by atoms with Gasteiger partial charge in [-0.25, -0.2) is 0 Å². The van der Waals surface area contributed by atoms with Gasteiger partial charge in [0.05, 0.1) is 24.2 Å².